The topological polar surface area (TPSA) is 79.0 Å². The molecule has 0 aromatic heterocycles. The molecule has 0 saturated carbocycles. The molecule has 1 heterocycles. The molecule has 0 spiro atoms. The van der Waals surface area contributed by atoms with Crippen LogP contribution in [0.5, 0.6) is 5.75 Å². The van der Waals surface area contributed by atoms with Gasteiger partial charge in [-0.25, -0.2) is 0 Å². The molecule has 1 aromatic carbocycles. The lowest BCUT2D eigenvalue weighted by Crippen LogP contribution is -2.50. The zero-order valence-corrected chi connectivity index (χ0v) is 12.9. The molecule has 124 valence electrons. The van der Waals surface area contributed by atoms with Crippen LogP contribution in [0.4, 0.5) is 0 Å². The highest BCUT2D eigenvalue weighted by Crippen LogP contribution is 2.08. The van der Waals surface area contributed by atoms with Crippen LogP contribution < -0.4 is 10.1 Å². The van der Waals surface area contributed by atoms with Gasteiger partial charge in [0.2, 0.25) is 18.2 Å². The molecule has 1 aliphatic heterocycles. The molecule has 2 rings (SSSR count). The number of carbonyl (C=O) groups excluding carboxylic acids is 3. The van der Waals surface area contributed by atoms with Crippen LogP contribution >= 0.6 is 0 Å². The van der Waals surface area contributed by atoms with Crippen molar-refractivity contribution in [3.8, 4) is 5.75 Å². The van der Waals surface area contributed by atoms with Crippen LogP contribution in [0.2, 0.25) is 0 Å². The maximum absolute atomic E-state index is 12.0. The highest BCUT2D eigenvalue weighted by molar-refractivity contribution is 5.84. The number of benzene rings is 1. The minimum Gasteiger partial charge on any atom is -0.493 e. The van der Waals surface area contributed by atoms with Gasteiger partial charge in [0.25, 0.3) is 0 Å². The van der Waals surface area contributed by atoms with E-state index in [9.17, 15) is 14.4 Å². The van der Waals surface area contributed by atoms with Crippen molar-refractivity contribution in [1.29, 1.82) is 0 Å². The number of nitrogens with zero attached hydrogens (tertiary/aromatic N) is 2. The molecular weight excluding hydrogens is 298 g/mol. The second-order valence-corrected chi connectivity index (χ2v) is 5.21. The summed E-state index contributed by atoms with van der Waals surface area (Å²) in [7, 11) is 0. The van der Waals surface area contributed by atoms with Gasteiger partial charge >= 0.3 is 0 Å². The highest BCUT2D eigenvalue weighted by atomic mass is 16.5. The third kappa shape index (κ3) is 5.61. The summed E-state index contributed by atoms with van der Waals surface area (Å²) in [5.74, 6) is 0.359. The Balaban J connectivity index is 1.60. The van der Waals surface area contributed by atoms with E-state index < -0.39 is 0 Å². The molecule has 1 aromatic rings. The van der Waals surface area contributed by atoms with Crippen LogP contribution in [0.25, 0.3) is 0 Å². The van der Waals surface area contributed by atoms with Gasteiger partial charge < -0.3 is 19.9 Å². The lowest BCUT2D eigenvalue weighted by Gasteiger charge is -2.32. The molecular formula is C16H21N3O4. The number of carbonyl (C=O) groups is 3. The lowest BCUT2D eigenvalue weighted by atomic mass is 10.3. The van der Waals surface area contributed by atoms with E-state index >= 15 is 0 Å². The normalized spacial score (nSPS) is 14.3. The average molecular weight is 319 g/mol. The van der Waals surface area contributed by atoms with Gasteiger partial charge in [-0.3, -0.25) is 14.4 Å². The van der Waals surface area contributed by atoms with E-state index in [-0.39, 0.29) is 31.4 Å². The Kier molecular flexibility index (Phi) is 6.40. The Morgan fingerprint density at radius 3 is 2.48 bits per heavy atom. The maximum atomic E-state index is 12.0. The van der Waals surface area contributed by atoms with Crippen LogP contribution in [-0.4, -0.2) is 67.4 Å². The zero-order valence-electron chi connectivity index (χ0n) is 12.9. The molecule has 1 N–H and O–H groups in total. The lowest BCUT2D eigenvalue weighted by molar-refractivity contribution is -0.135. The molecule has 0 aliphatic carbocycles. The Bertz CT molecular complexity index is 527. The molecule has 0 radical (unpaired) electrons. The second-order valence-electron chi connectivity index (χ2n) is 5.21. The van der Waals surface area contributed by atoms with E-state index in [1.54, 1.807) is 9.80 Å². The third-order valence-electron chi connectivity index (χ3n) is 3.59. The third-order valence-corrected chi connectivity index (χ3v) is 3.59. The van der Waals surface area contributed by atoms with Crippen LogP contribution in [-0.2, 0) is 14.4 Å². The number of rotatable bonds is 7. The molecule has 0 atom stereocenters. The van der Waals surface area contributed by atoms with Crippen molar-refractivity contribution in [2.24, 2.45) is 0 Å². The quantitative estimate of drug-likeness (QED) is 0.710. The van der Waals surface area contributed by atoms with Crippen molar-refractivity contribution in [2.75, 3.05) is 39.3 Å². The van der Waals surface area contributed by atoms with E-state index in [4.69, 9.17) is 4.74 Å². The number of hydrogen-bond donors (Lipinski definition) is 1. The summed E-state index contributed by atoms with van der Waals surface area (Å²) in [6, 6.07) is 9.25. The first kappa shape index (κ1) is 16.8. The van der Waals surface area contributed by atoms with E-state index in [0.29, 0.717) is 31.9 Å². The van der Waals surface area contributed by atoms with Gasteiger partial charge in [0.1, 0.15) is 5.75 Å². The number of amides is 3. The minimum atomic E-state index is -0.221. The molecule has 1 fully saturated rings. The largest absolute Gasteiger partial charge is 0.493 e. The van der Waals surface area contributed by atoms with Crippen LogP contribution in [0.15, 0.2) is 30.3 Å². The van der Waals surface area contributed by atoms with Gasteiger partial charge in [-0.2, -0.15) is 0 Å². The van der Waals surface area contributed by atoms with Gasteiger partial charge in [0.05, 0.1) is 19.6 Å². The second kappa shape index (κ2) is 8.77. The Morgan fingerprint density at radius 2 is 1.83 bits per heavy atom. The number of piperazine rings is 1. The first-order valence-corrected chi connectivity index (χ1v) is 7.60. The van der Waals surface area contributed by atoms with Crippen molar-refractivity contribution >= 4 is 18.2 Å². The van der Waals surface area contributed by atoms with Gasteiger partial charge in [0.15, 0.2) is 0 Å². The first-order valence-electron chi connectivity index (χ1n) is 7.60. The summed E-state index contributed by atoms with van der Waals surface area (Å²) in [5, 5.41) is 2.60. The summed E-state index contributed by atoms with van der Waals surface area (Å²) in [6.07, 6.45) is 0.984. The Labute approximate surface area is 135 Å². The standard InChI is InChI=1S/C16H21N3O4/c20-13-18-7-9-19(10-8-18)16(22)12-17-15(21)6-11-23-14-4-2-1-3-5-14/h1-5,13H,6-12H2,(H,17,21). The van der Waals surface area contributed by atoms with E-state index in [1.165, 1.54) is 0 Å². The number of ether oxygens (including phenoxy) is 1. The maximum Gasteiger partial charge on any atom is 0.242 e. The van der Waals surface area contributed by atoms with Crippen LogP contribution in [0.3, 0.4) is 0 Å². The summed E-state index contributed by atoms with van der Waals surface area (Å²) < 4.78 is 5.43. The summed E-state index contributed by atoms with van der Waals surface area (Å²) in [6.45, 7) is 2.32. The highest BCUT2D eigenvalue weighted by Gasteiger charge is 2.20. The fourth-order valence-electron chi connectivity index (χ4n) is 2.23. The first-order chi connectivity index (χ1) is 11.2. The zero-order chi connectivity index (χ0) is 16.5. The fourth-order valence-corrected chi connectivity index (χ4v) is 2.23. The molecule has 0 bridgehead atoms. The van der Waals surface area contributed by atoms with E-state index in [1.807, 2.05) is 30.3 Å². The molecule has 7 nitrogen and oxygen atoms in total. The molecule has 3 amide bonds. The summed E-state index contributed by atoms with van der Waals surface area (Å²) in [5.41, 5.74) is 0. The van der Waals surface area contributed by atoms with Crippen molar-refractivity contribution in [3.63, 3.8) is 0 Å². The number of para-hydroxylation sites is 1. The number of nitrogens with one attached hydrogen (secondary N) is 1. The predicted molar refractivity (Wildman–Crippen MR) is 83.8 cm³/mol. The minimum absolute atomic E-state index is 0.0226. The van der Waals surface area contributed by atoms with Gasteiger partial charge in [-0.1, -0.05) is 18.2 Å². The SMILES string of the molecule is O=CN1CCN(C(=O)CNC(=O)CCOc2ccccc2)CC1. The fraction of sp³-hybridized carbons (Fsp3) is 0.438. The van der Waals surface area contributed by atoms with Crippen LogP contribution in [0, 0.1) is 0 Å². The smallest absolute Gasteiger partial charge is 0.242 e. The molecule has 1 aliphatic rings. The van der Waals surface area contributed by atoms with Crippen molar-refractivity contribution in [2.45, 2.75) is 6.42 Å². The average Bonchev–Trinajstić information content (AvgIpc) is 2.60. The predicted octanol–water partition coefficient (Wildman–Crippen LogP) is -0.128. The van der Waals surface area contributed by atoms with E-state index in [0.717, 1.165) is 6.41 Å². The van der Waals surface area contributed by atoms with Gasteiger partial charge in [0, 0.05) is 26.2 Å². The summed E-state index contributed by atoms with van der Waals surface area (Å²) in [4.78, 5) is 37.6. The van der Waals surface area contributed by atoms with Gasteiger partial charge in [-0.05, 0) is 12.1 Å². The Morgan fingerprint density at radius 1 is 1.13 bits per heavy atom. The summed E-state index contributed by atoms with van der Waals surface area (Å²) >= 11 is 0. The van der Waals surface area contributed by atoms with Crippen molar-refractivity contribution < 1.29 is 19.1 Å². The number of hydrogen-bond acceptors (Lipinski definition) is 4. The molecule has 0 unspecified atom stereocenters. The van der Waals surface area contributed by atoms with Crippen LogP contribution in [0.1, 0.15) is 6.42 Å². The van der Waals surface area contributed by atoms with E-state index in [2.05, 4.69) is 5.32 Å². The van der Waals surface area contributed by atoms with Gasteiger partial charge in [-0.15, -0.1) is 0 Å². The molecule has 1 saturated heterocycles. The molecule has 7 heteroatoms. The van der Waals surface area contributed by atoms with Crippen molar-refractivity contribution in [3.05, 3.63) is 30.3 Å². The monoisotopic (exact) mass is 319 g/mol. The molecule has 23 heavy (non-hydrogen) atoms. The van der Waals surface area contributed by atoms with Crippen molar-refractivity contribution in [1.82, 2.24) is 15.1 Å². The Hall–Kier alpha value is -2.57.